The molecule has 0 aliphatic carbocycles. The first-order valence-corrected chi connectivity index (χ1v) is 16.4. The molecule has 1 aliphatic heterocycles. The normalized spacial score (nSPS) is 14.9. The molecule has 0 radical (unpaired) electrons. The quantitative estimate of drug-likeness (QED) is 0.201. The van der Waals surface area contributed by atoms with E-state index in [4.69, 9.17) is 5.10 Å². The molecule has 0 saturated carbocycles. The Bertz CT molecular complexity index is 1740. The number of rotatable bonds is 10. The van der Waals surface area contributed by atoms with Crippen molar-refractivity contribution in [3.63, 3.8) is 0 Å². The van der Waals surface area contributed by atoms with Crippen LogP contribution in [-0.2, 0) is 33.2 Å². The van der Waals surface area contributed by atoms with Gasteiger partial charge in [-0.25, -0.2) is 13.4 Å². The fourth-order valence-electron chi connectivity index (χ4n) is 5.26. The minimum absolute atomic E-state index is 0.0446. The first-order chi connectivity index (χ1) is 20.8. The van der Waals surface area contributed by atoms with Crippen molar-refractivity contribution < 1.29 is 13.2 Å². The smallest absolute Gasteiger partial charge is 0.261 e. The SMILES string of the molecule is CC1(C)C(=O)N(Cc2ccc(C(C)(C)C)cc2)N=C1CCCc1ccc(-c2ccc(NS(=O)(=O)c3ccccc3)cn2)cc1. The number of carbonyl (C=O) groups excluding carboxylic acids is 1. The molecule has 0 fully saturated rings. The molecule has 44 heavy (non-hydrogen) atoms. The molecule has 0 spiro atoms. The number of benzene rings is 3. The molecule has 1 aromatic heterocycles. The lowest BCUT2D eigenvalue weighted by Gasteiger charge is -2.21. The number of hydrogen-bond acceptors (Lipinski definition) is 5. The standard InChI is InChI=1S/C36H40N4O3S/c1-35(2,3)29-20-16-27(17-21-29)25-40-34(41)36(4,5)33(38-40)13-9-10-26-14-18-28(19-15-26)32-23-22-30(24-37-32)39-44(42,43)31-11-7-6-8-12-31/h6-8,11-12,14-24,39H,9-10,13,25H2,1-5H3. The number of pyridine rings is 1. The fourth-order valence-corrected chi connectivity index (χ4v) is 6.32. The fraction of sp³-hybridized carbons (Fsp3) is 0.306. The summed E-state index contributed by atoms with van der Waals surface area (Å²) < 4.78 is 27.7. The number of hydrazone groups is 1. The maximum atomic E-state index is 13.2. The van der Waals surface area contributed by atoms with E-state index in [2.05, 4.69) is 66.9 Å². The van der Waals surface area contributed by atoms with Crippen LogP contribution in [0.4, 0.5) is 5.69 Å². The van der Waals surface area contributed by atoms with Gasteiger partial charge in [-0.2, -0.15) is 5.10 Å². The molecule has 0 unspecified atom stereocenters. The first-order valence-electron chi connectivity index (χ1n) is 15.0. The summed E-state index contributed by atoms with van der Waals surface area (Å²) in [5.74, 6) is 0.0446. The summed E-state index contributed by atoms with van der Waals surface area (Å²) in [5.41, 5.74) is 6.06. The summed E-state index contributed by atoms with van der Waals surface area (Å²) in [5, 5.41) is 6.40. The zero-order valence-electron chi connectivity index (χ0n) is 26.0. The second-order valence-corrected chi connectivity index (χ2v) is 14.6. The summed E-state index contributed by atoms with van der Waals surface area (Å²) in [7, 11) is -3.67. The molecule has 1 amide bonds. The molecule has 7 nitrogen and oxygen atoms in total. The number of amides is 1. The summed E-state index contributed by atoms with van der Waals surface area (Å²) in [6.07, 6.45) is 4.03. The van der Waals surface area contributed by atoms with Crippen molar-refractivity contribution in [3.05, 3.63) is 114 Å². The van der Waals surface area contributed by atoms with E-state index in [1.165, 1.54) is 17.3 Å². The van der Waals surface area contributed by atoms with Crippen molar-refractivity contribution in [2.24, 2.45) is 10.5 Å². The third kappa shape index (κ3) is 7.08. The lowest BCUT2D eigenvalue weighted by molar-refractivity contribution is -0.135. The highest BCUT2D eigenvalue weighted by Gasteiger charge is 2.42. The van der Waals surface area contributed by atoms with E-state index in [1.54, 1.807) is 47.5 Å². The van der Waals surface area contributed by atoms with Crippen LogP contribution in [0.15, 0.2) is 107 Å². The number of nitrogens with one attached hydrogen (secondary N) is 1. The molecule has 8 heteroatoms. The highest BCUT2D eigenvalue weighted by molar-refractivity contribution is 7.92. The zero-order chi connectivity index (χ0) is 31.5. The summed E-state index contributed by atoms with van der Waals surface area (Å²) in [4.78, 5) is 17.9. The van der Waals surface area contributed by atoms with Crippen LogP contribution in [0.25, 0.3) is 11.3 Å². The highest BCUT2D eigenvalue weighted by Crippen LogP contribution is 2.32. The van der Waals surface area contributed by atoms with E-state index in [9.17, 15) is 13.2 Å². The number of aromatic nitrogens is 1. The average Bonchev–Trinajstić information content (AvgIpc) is 3.21. The molecule has 228 valence electrons. The first kappa shape index (κ1) is 31.1. The molecular weight excluding hydrogens is 568 g/mol. The van der Waals surface area contributed by atoms with Gasteiger partial charge in [0.25, 0.3) is 15.9 Å². The Kier molecular flexibility index (Phi) is 8.75. The Morgan fingerprint density at radius 1 is 0.818 bits per heavy atom. The van der Waals surface area contributed by atoms with Crippen molar-refractivity contribution in [1.82, 2.24) is 9.99 Å². The number of carbonyl (C=O) groups is 1. The van der Waals surface area contributed by atoms with Crippen LogP contribution in [0, 0.1) is 5.41 Å². The van der Waals surface area contributed by atoms with Gasteiger partial charge in [0.15, 0.2) is 0 Å². The number of hydrogen-bond donors (Lipinski definition) is 1. The zero-order valence-corrected chi connectivity index (χ0v) is 26.9. The van der Waals surface area contributed by atoms with Gasteiger partial charge in [0.2, 0.25) is 0 Å². The van der Waals surface area contributed by atoms with Crippen molar-refractivity contribution >= 4 is 27.3 Å². The molecule has 3 aromatic carbocycles. The Morgan fingerprint density at radius 2 is 1.48 bits per heavy atom. The van der Waals surface area contributed by atoms with Gasteiger partial charge in [-0.05, 0) is 79.5 Å². The van der Waals surface area contributed by atoms with Crippen LogP contribution in [0.1, 0.15) is 64.2 Å². The lowest BCUT2D eigenvalue weighted by Crippen LogP contribution is -2.34. The number of anilines is 1. The summed E-state index contributed by atoms with van der Waals surface area (Å²) >= 11 is 0. The largest absolute Gasteiger partial charge is 0.278 e. The maximum absolute atomic E-state index is 13.2. The second kappa shape index (κ2) is 12.4. The molecule has 1 aliphatic rings. The molecule has 4 aromatic rings. The van der Waals surface area contributed by atoms with Crippen LogP contribution in [-0.4, -0.2) is 30.0 Å². The van der Waals surface area contributed by atoms with Gasteiger partial charge in [-0.3, -0.25) is 14.5 Å². The predicted molar refractivity (Wildman–Crippen MR) is 177 cm³/mol. The molecule has 5 rings (SSSR count). The third-order valence-corrected chi connectivity index (χ3v) is 9.48. The van der Waals surface area contributed by atoms with E-state index >= 15 is 0 Å². The van der Waals surface area contributed by atoms with Crippen LogP contribution >= 0.6 is 0 Å². The molecular formula is C36H40N4O3S. The van der Waals surface area contributed by atoms with Crippen LogP contribution in [0.2, 0.25) is 0 Å². The maximum Gasteiger partial charge on any atom is 0.261 e. The minimum atomic E-state index is -3.67. The van der Waals surface area contributed by atoms with Gasteiger partial charge in [-0.1, -0.05) is 87.5 Å². The molecule has 2 heterocycles. The topological polar surface area (TPSA) is 91.7 Å². The van der Waals surface area contributed by atoms with E-state index < -0.39 is 15.4 Å². The van der Waals surface area contributed by atoms with Crippen molar-refractivity contribution in [2.75, 3.05) is 4.72 Å². The third-order valence-electron chi connectivity index (χ3n) is 8.08. The van der Waals surface area contributed by atoms with Crippen LogP contribution in [0.5, 0.6) is 0 Å². The van der Waals surface area contributed by atoms with Gasteiger partial charge in [0.05, 0.1) is 40.1 Å². The number of sulfonamides is 1. The second-order valence-electron chi connectivity index (χ2n) is 12.9. The van der Waals surface area contributed by atoms with E-state index in [-0.39, 0.29) is 16.2 Å². The lowest BCUT2D eigenvalue weighted by atomic mass is 9.84. The summed E-state index contributed by atoms with van der Waals surface area (Å²) in [6.45, 7) is 11.0. The van der Waals surface area contributed by atoms with Crippen LogP contribution in [0.3, 0.4) is 0 Å². The molecule has 0 atom stereocenters. The average molecular weight is 609 g/mol. The minimum Gasteiger partial charge on any atom is -0.278 e. The highest BCUT2D eigenvalue weighted by atomic mass is 32.2. The number of nitrogens with zero attached hydrogens (tertiary/aromatic N) is 3. The van der Waals surface area contributed by atoms with Crippen LogP contribution < -0.4 is 4.72 Å². The van der Waals surface area contributed by atoms with E-state index in [1.807, 2.05) is 26.0 Å². The van der Waals surface area contributed by atoms with E-state index in [0.717, 1.165) is 41.8 Å². The van der Waals surface area contributed by atoms with Gasteiger partial charge in [0.1, 0.15) is 0 Å². The van der Waals surface area contributed by atoms with Gasteiger partial charge in [-0.15, -0.1) is 0 Å². The van der Waals surface area contributed by atoms with Gasteiger partial charge < -0.3 is 0 Å². The molecule has 0 saturated heterocycles. The number of aryl methyl sites for hydroxylation is 1. The summed E-state index contributed by atoms with van der Waals surface area (Å²) in [6, 6.07) is 28.5. The van der Waals surface area contributed by atoms with Gasteiger partial charge in [0, 0.05) is 5.56 Å². The molecule has 0 bridgehead atoms. The Hall–Kier alpha value is -4.30. The molecule has 1 N–H and O–H groups in total. The Labute approximate surface area is 261 Å². The monoisotopic (exact) mass is 608 g/mol. The van der Waals surface area contributed by atoms with E-state index in [0.29, 0.717) is 12.2 Å². The Morgan fingerprint density at radius 3 is 2.09 bits per heavy atom. The Balaban J connectivity index is 1.16. The van der Waals surface area contributed by atoms with Gasteiger partial charge >= 0.3 is 0 Å². The van der Waals surface area contributed by atoms with Crippen molar-refractivity contribution in [2.45, 2.75) is 70.7 Å². The predicted octanol–water partition coefficient (Wildman–Crippen LogP) is 7.59. The van der Waals surface area contributed by atoms with Crippen molar-refractivity contribution in [1.29, 1.82) is 0 Å². The van der Waals surface area contributed by atoms with Crippen molar-refractivity contribution in [3.8, 4) is 11.3 Å².